The molecular weight excluding hydrogens is 240 g/mol. The van der Waals surface area contributed by atoms with Gasteiger partial charge < -0.3 is 10.6 Å². The SMILES string of the molecule is C/C=C/C=C/C(=O)NCc1ccc(C(=O)NC)cc1. The van der Waals surface area contributed by atoms with E-state index in [2.05, 4.69) is 10.6 Å². The lowest BCUT2D eigenvalue weighted by molar-refractivity contribution is -0.116. The second kappa shape index (κ2) is 7.87. The van der Waals surface area contributed by atoms with E-state index in [-0.39, 0.29) is 11.8 Å². The average molecular weight is 258 g/mol. The van der Waals surface area contributed by atoms with Crippen molar-refractivity contribution in [2.75, 3.05) is 7.05 Å². The van der Waals surface area contributed by atoms with Crippen LogP contribution in [0.4, 0.5) is 0 Å². The summed E-state index contributed by atoms with van der Waals surface area (Å²) in [7, 11) is 1.59. The largest absolute Gasteiger partial charge is 0.355 e. The molecule has 0 aliphatic rings. The van der Waals surface area contributed by atoms with Crippen molar-refractivity contribution in [1.29, 1.82) is 0 Å². The molecule has 1 aromatic carbocycles. The first-order valence-electron chi connectivity index (χ1n) is 6.05. The molecule has 0 spiro atoms. The molecule has 0 radical (unpaired) electrons. The highest BCUT2D eigenvalue weighted by Crippen LogP contribution is 2.04. The van der Waals surface area contributed by atoms with E-state index in [0.29, 0.717) is 12.1 Å². The number of allylic oxidation sites excluding steroid dienone is 3. The maximum atomic E-state index is 11.4. The number of carbonyl (C=O) groups excluding carboxylic acids is 2. The maximum absolute atomic E-state index is 11.4. The summed E-state index contributed by atoms with van der Waals surface area (Å²) < 4.78 is 0. The van der Waals surface area contributed by atoms with Gasteiger partial charge in [0.15, 0.2) is 0 Å². The predicted octanol–water partition coefficient (Wildman–Crippen LogP) is 1.79. The molecular formula is C15H18N2O2. The summed E-state index contributed by atoms with van der Waals surface area (Å²) in [5.74, 6) is -0.265. The molecule has 2 N–H and O–H groups in total. The predicted molar refractivity (Wildman–Crippen MR) is 75.6 cm³/mol. The van der Waals surface area contributed by atoms with Gasteiger partial charge in [0.1, 0.15) is 0 Å². The fourth-order valence-electron chi connectivity index (χ4n) is 1.42. The van der Waals surface area contributed by atoms with Crippen molar-refractivity contribution in [3.8, 4) is 0 Å². The Bertz CT molecular complexity index is 487. The maximum Gasteiger partial charge on any atom is 0.251 e. The molecule has 4 nitrogen and oxygen atoms in total. The van der Waals surface area contributed by atoms with Gasteiger partial charge in [0.25, 0.3) is 5.91 Å². The van der Waals surface area contributed by atoms with Crippen LogP contribution in [0, 0.1) is 0 Å². The van der Waals surface area contributed by atoms with E-state index < -0.39 is 0 Å². The number of hydrogen-bond acceptors (Lipinski definition) is 2. The standard InChI is InChI=1S/C15H18N2O2/c1-3-4-5-6-14(18)17-11-12-7-9-13(10-8-12)15(19)16-2/h3-10H,11H2,1-2H3,(H,16,19)(H,17,18)/b4-3+,6-5+. The van der Waals surface area contributed by atoms with E-state index in [0.717, 1.165) is 5.56 Å². The molecule has 0 unspecified atom stereocenters. The van der Waals surface area contributed by atoms with Crippen LogP contribution < -0.4 is 10.6 Å². The van der Waals surface area contributed by atoms with Gasteiger partial charge in [-0.15, -0.1) is 0 Å². The number of rotatable bonds is 5. The Morgan fingerprint density at radius 1 is 1.16 bits per heavy atom. The highest BCUT2D eigenvalue weighted by atomic mass is 16.2. The lowest BCUT2D eigenvalue weighted by Gasteiger charge is -2.04. The Morgan fingerprint density at radius 2 is 1.84 bits per heavy atom. The van der Waals surface area contributed by atoms with Gasteiger partial charge >= 0.3 is 0 Å². The van der Waals surface area contributed by atoms with Gasteiger partial charge in [0, 0.05) is 25.2 Å². The van der Waals surface area contributed by atoms with Crippen molar-refractivity contribution >= 4 is 11.8 Å². The van der Waals surface area contributed by atoms with Gasteiger partial charge in [0.2, 0.25) is 5.91 Å². The Kier molecular flexibility index (Phi) is 6.09. The van der Waals surface area contributed by atoms with E-state index in [1.807, 2.05) is 25.1 Å². The van der Waals surface area contributed by atoms with Crippen LogP contribution in [-0.2, 0) is 11.3 Å². The Hall–Kier alpha value is -2.36. The molecule has 0 fully saturated rings. The van der Waals surface area contributed by atoms with Crippen molar-refractivity contribution in [2.45, 2.75) is 13.5 Å². The zero-order valence-corrected chi connectivity index (χ0v) is 11.1. The molecule has 0 saturated heterocycles. The fraction of sp³-hybridized carbons (Fsp3) is 0.200. The van der Waals surface area contributed by atoms with E-state index in [1.165, 1.54) is 6.08 Å². The Labute approximate surface area is 113 Å². The summed E-state index contributed by atoms with van der Waals surface area (Å²) in [5, 5.41) is 5.32. The Balaban J connectivity index is 2.50. The van der Waals surface area contributed by atoms with Gasteiger partial charge in [0.05, 0.1) is 0 Å². The average Bonchev–Trinajstić information content (AvgIpc) is 2.45. The van der Waals surface area contributed by atoms with Crippen LogP contribution in [0.25, 0.3) is 0 Å². The third kappa shape index (κ3) is 5.21. The highest BCUT2D eigenvalue weighted by molar-refractivity contribution is 5.94. The molecule has 0 atom stereocenters. The van der Waals surface area contributed by atoms with Crippen molar-refractivity contribution in [3.05, 3.63) is 59.7 Å². The van der Waals surface area contributed by atoms with Crippen molar-refractivity contribution < 1.29 is 9.59 Å². The third-order valence-corrected chi connectivity index (χ3v) is 2.46. The summed E-state index contributed by atoms with van der Waals surface area (Å²) in [6.45, 7) is 2.32. The second-order valence-corrected chi connectivity index (χ2v) is 3.88. The normalized spacial score (nSPS) is 10.8. The molecule has 0 aliphatic carbocycles. The van der Waals surface area contributed by atoms with Crippen LogP contribution in [-0.4, -0.2) is 18.9 Å². The third-order valence-electron chi connectivity index (χ3n) is 2.46. The Morgan fingerprint density at radius 3 is 2.42 bits per heavy atom. The monoisotopic (exact) mass is 258 g/mol. The van der Waals surface area contributed by atoms with Crippen LogP contribution in [0.5, 0.6) is 0 Å². The van der Waals surface area contributed by atoms with Crippen LogP contribution in [0.1, 0.15) is 22.8 Å². The van der Waals surface area contributed by atoms with Crippen LogP contribution in [0.15, 0.2) is 48.6 Å². The zero-order valence-electron chi connectivity index (χ0n) is 11.1. The van der Waals surface area contributed by atoms with E-state index in [4.69, 9.17) is 0 Å². The van der Waals surface area contributed by atoms with Gasteiger partial charge in [-0.1, -0.05) is 30.4 Å². The lowest BCUT2D eigenvalue weighted by Crippen LogP contribution is -2.20. The number of nitrogens with one attached hydrogen (secondary N) is 2. The summed E-state index contributed by atoms with van der Waals surface area (Å²) in [6, 6.07) is 7.10. The molecule has 0 aromatic heterocycles. The van der Waals surface area contributed by atoms with Gasteiger partial charge in [-0.2, -0.15) is 0 Å². The molecule has 0 heterocycles. The fourth-order valence-corrected chi connectivity index (χ4v) is 1.42. The van der Waals surface area contributed by atoms with Gasteiger partial charge in [-0.3, -0.25) is 9.59 Å². The molecule has 2 amide bonds. The van der Waals surface area contributed by atoms with E-state index in [9.17, 15) is 9.59 Å². The molecule has 19 heavy (non-hydrogen) atoms. The molecule has 0 aliphatic heterocycles. The van der Waals surface area contributed by atoms with E-state index >= 15 is 0 Å². The van der Waals surface area contributed by atoms with Gasteiger partial charge in [-0.25, -0.2) is 0 Å². The number of amides is 2. The van der Waals surface area contributed by atoms with Crippen LogP contribution in [0.3, 0.4) is 0 Å². The summed E-state index contributed by atoms with van der Waals surface area (Å²) in [6.07, 6.45) is 6.79. The first-order chi connectivity index (χ1) is 9.17. The molecule has 0 bridgehead atoms. The molecule has 100 valence electrons. The molecule has 1 rings (SSSR count). The first-order valence-corrected chi connectivity index (χ1v) is 6.05. The molecule has 0 saturated carbocycles. The minimum absolute atomic E-state index is 0.120. The smallest absolute Gasteiger partial charge is 0.251 e. The van der Waals surface area contributed by atoms with Crippen LogP contribution >= 0.6 is 0 Å². The zero-order chi connectivity index (χ0) is 14.1. The van der Waals surface area contributed by atoms with Crippen molar-refractivity contribution in [2.24, 2.45) is 0 Å². The minimum atomic E-state index is -0.145. The van der Waals surface area contributed by atoms with Crippen LogP contribution in [0.2, 0.25) is 0 Å². The van der Waals surface area contributed by atoms with Crippen molar-refractivity contribution in [3.63, 3.8) is 0 Å². The van der Waals surface area contributed by atoms with Crippen molar-refractivity contribution in [1.82, 2.24) is 10.6 Å². The topological polar surface area (TPSA) is 58.2 Å². The summed E-state index contributed by atoms with van der Waals surface area (Å²) in [5.41, 5.74) is 1.55. The summed E-state index contributed by atoms with van der Waals surface area (Å²) >= 11 is 0. The van der Waals surface area contributed by atoms with E-state index in [1.54, 1.807) is 31.3 Å². The number of hydrogen-bond donors (Lipinski definition) is 2. The summed E-state index contributed by atoms with van der Waals surface area (Å²) in [4.78, 5) is 22.8. The number of carbonyl (C=O) groups is 2. The first kappa shape index (κ1) is 14.7. The lowest BCUT2D eigenvalue weighted by atomic mass is 10.1. The van der Waals surface area contributed by atoms with Gasteiger partial charge in [-0.05, 0) is 24.6 Å². The highest BCUT2D eigenvalue weighted by Gasteiger charge is 2.02. The number of benzene rings is 1. The molecule has 1 aromatic rings. The minimum Gasteiger partial charge on any atom is -0.355 e. The quantitative estimate of drug-likeness (QED) is 0.625. The second-order valence-electron chi connectivity index (χ2n) is 3.88. The molecule has 4 heteroatoms.